The lowest BCUT2D eigenvalue weighted by Crippen LogP contribution is -2.29. The van der Waals surface area contributed by atoms with E-state index in [1.165, 1.54) is 0 Å². The van der Waals surface area contributed by atoms with E-state index in [1.54, 1.807) is 13.2 Å². The van der Waals surface area contributed by atoms with Crippen molar-refractivity contribution in [3.63, 3.8) is 0 Å². The summed E-state index contributed by atoms with van der Waals surface area (Å²) in [6.07, 6.45) is 0.124. The number of likely N-dealkylation sites (N-methyl/N-ethyl adjacent to an activating group) is 1. The Morgan fingerprint density at radius 3 is 2.78 bits per heavy atom. The van der Waals surface area contributed by atoms with Crippen LogP contribution >= 0.6 is 11.6 Å². The highest BCUT2D eigenvalue weighted by atomic mass is 35.5. The van der Waals surface area contributed by atoms with Crippen molar-refractivity contribution in [2.75, 3.05) is 32.2 Å². The molecule has 0 aliphatic heterocycles. The van der Waals surface area contributed by atoms with Crippen LogP contribution < -0.4 is 4.90 Å². The Balaban J connectivity index is 2.77. The Bertz CT molecular complexity index is 376. The molecule has 0 radical (unpaired) electrons. The zero-order valence-electron chi connectivity index (χ0n) is 11.3. The van der Waals surface area contributed by atoms with Gasteiger partial charge in [0.1, 0.15) is 17.6 Å². The standard InChI is InChI=1S/C12H20ClN3O2/c1-5-18-8-11-14-10(13)6-12(15-11)16(3)7-9(2)17-4/h6,9H,5,7-8H2,1-4H3. The molecule has 0 saturated carbocycles. The minimum Gasteiger partial charge on any atom is -0.380 e. The smallest absolute Gasteiger partial charge is 0.158 e. The zero-order valence-corrected chi connectivity index (χ0v) is 12.1. The van der Waals surface area contributed by atoms with Gasteiger partial charge in [-0.25, -0.2) is 9.97 Å². The normalized spacial score (nSPS) is 12.5. The van der Waals surface area contributed by atoms with Gasteiger partial charge in [0.25, 0.3) is 0 Å². The largest absolute Gasteiger partial charge is 0.380 e. The minimum atomic E-state index is 0.124. The molecule has 6 heteroatoms. The molecule has 0 amide bonds. The lowest BCUT2D eigenvalue weighted by molar-refractivity contribution is 0.123. The predicted octanol–water partition coefficient (Wildman–Crippen LogP) is 2.14. The van der Waals surface area contributed by atoms with Crippen LogP contribution in [0.3, 0.4) is 0 Å². The van der Waals surface area contributed by atoms with Crippen molar-refractivity contribution in [1.82, 2.24) is 9.97 Å². The Hall–Kier alpha value is -0.910. The number of anilines is 1. The average molecular weight is 274 g/mol. The number of ether oxygens (including phenoxy) is 2. The molecule has 0 aromatic carbocycles. The number of methoxy groups -OCH3 is 1. The summed E-state index contributed by atoms with van der Waals surface area (Å²) in [5.41, 5.74) is 0. The summed E-state index contributed by atoms with van der Waals surface area (Å²) in [4.78, 5) is 10.5. The second kappa shape index (κ2) is 7.51. The molecule has 0 spiro atoms. The third kappa shape index (κ3) is 4.76. The van der Waals surface area contributed by atoms with Gasteiger partial charge < -0.3 is 14.4 Å². The number of hydrogen-bond acceptors (Lipinski definition) is 5. The molecular formula is C12H20ClN3O2. The zero-order chi connectivity index (χ0) is 13.5. The first-order valence-corrected chi connectivity index (χ1v) is 6.29. The predicted molar refractivity (Wildman–Crippen MR) is 72.1 cm³/mol. The van der Waals surface area contributed by atoms with Crippen molar-refractivity contribution in [2.45, 2.75) is 26.6 Å². The summed E-state index contributed by atoms with van der Waals surface area (Å²) in [5, 5.41) is 0.423. The highest BCUT2D eigenvalue weighted by molar-refractivity contribution is 6.29. The Morgan fingerprint density at radius 1 is 1.44 bits per heavy atom. The first-order chi connectivity index (χ1) is 8.56. The van der Waals surface area contributed by atoms with Gasteiger partial charge in [-0.2, -0.15) is 0 Å². The van der Waals surface area contributed by atoms with Gasteiger partial charge in [-0.3, -0.25) is 0 Å². The van der Waals surface area contributed by atoms with Crippen LogP contribution in [0.1, 0.15) is 19.7 Å². The molecule has 0 aliphatic rings. The first-order valence-electron chi connectivity index (χ1n) is 5.92. The van der Waals surface area contributed by atoms with Gasteiger partial charge >= 0.3 is 0 Å². The molecule has 0 bridgehead atoms. The quantitative estimate of drug-likeness (QED) is 0.713. The van der Waals surface area contributed by atoms with Crippen molar-refractivity contribution in [2.24, 2.45) is 0 Å². The molecule has 1 aromatic heterocycles. The van der Waals surface area contributed by atoms with Crippen molar-refractivity contribution in [3.8, 4) is 0 Å². The summed E-state index contributed by atoms with van der Waals surface area (Å²) < 4.78 is 10.5. The van der Waals surface area contributed by atoms with Crippen LogP contribution in [-0.4, -0.2) is 43.4 Å². The molecule has 1 aromatic rings. The van der Waals surface area contributed by atoms with E-state index in [1.807, 2.05) is 25.8 Å². The third-order valence-corrected chi connectivity index (χ3v) is 2.68. The first kappa shape index (κ1) is 15.1. The maximum Gasteiger partial charge on any atom is 0.158 e. The molecule has 5 nitrogen and oxygen atoms in total. The van der Waals surface area contributed by atoms with Gasteiger partial charge in [-0.1, -0.05) is 11.6 Å². The van der Waals surface area contributed by atoms with Crippen molar-refractivity contribution < 1.29 is 9.47 Å². The second-order valence-electron chi connectivity index (χ2n) is 4.03. The SMILES string of the molecule is CCOCc1nc(Cl)cc(N(C)CC(C)OC)n1. The summed E-state index contributed by atoms with van der Waals surface area (Å²) in [7, 11) is 3.63. The van der Waals surface area contributed by atoms with E-state index in [4.69, 9.17) is 21.1 Å². The maximum atomic E-state index is 5.98. The molecule has 18 heavy (non-hydrogen) atoms. The highest BCUT2D eigenvalue weighted by Gasteiger charge is 2.10. The van der Waals surface area contributed by atoms with Crippen LogP contribution in [0.2, 0.25) is 5.15 Å². The van der Waals surface area contributed by atoms with Crippen LogP contribution in [0.25, 0.3) is 0 Å². The molecule has 102 valence electrons. The molecule has 1 unspecified atom stereocenters. The van der Waals surface area contributed by atoms with E-state index in [9.17, 15) is 0 Å². The van der Waals surface area contributed by atoms with Crippen LogP contribution in [0.4, 0.5) is 5.82 Å². The van der Waals surface area contributed by atoms with Gasteiger partial charge in [-0.15, -0.1) is 0 Å². The molecular weight excluding hydrogens is 254 g/mol. The van der Waals surface area contributed by atoms with Crippen molar-refractivity contribution in [1.29, 1.82) is 0 Å². The van der Waals surface area contributed by atoms with Gasteiger partial charge in [0, 0.05) is 33.4 Å². The average Bonchev–Trinajstić information content (AvgIpc) is 2.35. The fraction of sp³-hybridized carbons (Fsp3) is 0.667. The summed E-state index contributed by atoms with van der Waals surface area (Å²) >= 11 is 5.98. The van der Waals surface area contributed by atoms with E-state index in [2.05, 4.69) is 9.97 Å². The number of halogens is 1. The lowest BCUT2D eigenvalue weighted by Gasteiger charge is -2.22. The fourth-order valence-electron chi connectivity index (χ4n) is 1.46. The van der Waals surface area contributed by atoms with E-state index in [0.29, 0.717) is 24.2 Å². The molecule has 0 N–H and O–H groups in total. The monoisotopic (exact) mass is 273 g/mol. The Labute approximate surface area is 113 Å². The van der Waals surface area contributed by atoms with Gasteiger partial charge in [0.15, 0.2) is 5.82 Å². The Kier molecular flexibility index (Phi) is 6.32. The topological polar surface area (TPSA) is 47.5 Å². The second-order valence-corrected chi connectivity index (χ2v) is 4.42. The van der Waals surface area contributed by atoms with E-state index in [0.717, 1.165) is 12.4 Å². The summed E-state index contributed by atoms with van der Waals surface area (Å²) in [6, 6.07) is 1.74. The number of nitrogens with zero attached hydrogens (tertiary/aromatic N) is 3. The van der Waals surface area contributed by atoms with Gasteiger partial charge in [-0.05, 0) is 13.8 Å². The fourth-order valence-corrected chi connectivity index (χ4v) is 1.65. The molecule has 1 atom stereocenters. The Morgan fingerprint density at radius 2 is 2.17 bits per heavy atom. The maximum absolute atomic E-state index is 5.98. The lowest BCUT2D eigenvalue weighted by atomic mass is 10.3. The summed E-state index contributed by atoms with van der Waals surface area (Å²) in [5.74, 6) is 1.37. The molecule has 0 saturated heterocycles. The van der Waals surface area contributed by atoms with Crippen LogP contribution in [0.15, 0.2) is 6.07 Å². The highest BCUT2D eigenvalue weighted by Crippen LogP contribution is 2.16. The van der Waals surface area contributed by atoms with Crippen LogP contribution in [0.5, 0.6) is 0 Å². The van der Waals surface area contributed by atoms with Gasteiger partial charge in [0.2, 0.25) is 0 Å². The van der Waals surface area contributed by atoms with Crippen LogP contribution in [-0.2, 0) is 16.1 Å². The van der Waals surface area contributed by atoms with Crippen molar-refractivity contribution in [3.05, 3.63) is 17.0 Å². The third-order valence-electron chi connectivity index (χ3n) is 2.49. The number of rotatable bonds is 7. The van der Waals surface area contributed by atoms with E-state index in [-0.39, 0.29) is 6.10 Å². The number of aromatic nitrogens is 2. The molecule has 1 heterocycles. The van der Waals surface area contributed by atoms with Crippen molar-refractivity contribution >= 4 is 17.4 Å². The minimum absolute atomic E-state index is 0.124. The molecule has 1 rings (SSSR count). The summed E-state index contributed by atoms with van der Waals surface area (Å²) in [6.45, 7) is 5.66. The van der Waals surface area contributed by atoms with E-state index < -0.39 is 0 Å². The van der Waals surface area contributed by atoms with Crippen LogP contribution in [0, 0.1) is 0 Å². The number of hydrogen-bond donors (Lipinski definition) is 0. The molecule has 0 fully saturated rings. The molecule has 0 aliphatic carbocycles. The van der Waals surface area contributed by atoms with E-state index >= 15 is 0 Å². The van der Waals surface area contributed by atoms with Gasteiger partial charge in [0.05, 0.1) is 6.10 Å².